The van der Waals surface area contributed by atoms with Gasteiger partial charge in [0.2, 0.25) is 0 Å². The van der Waals surface area contributed by atoms with Gasteiger partial charge in [0, 0.05) is 18.6 Å². The lowest BCUT2D eigenvalue weighted by Crippen LogP contribution is -2.26. The van der Waals surface area contributed by atoms with E-state index in [1.807, 2.05) is 54.6 Å². The Labute approximate surface area is 134 Å². The Kier molecular flexibility index (Phi) is 3.52. The molecule has 1 aliphatic rings. The first-order chi connectivity index (χ1) is 11.4. The van der Waals surface area contributed by atoms with E-state index in [-0.39, 0.29) is 12.1 Å². The third kappa shape index (κ3) is 2.68. The van der Waals surface area contributed by atoms with E-state index in [2.05, 4.69) is 20.3 Å². The molecule has 0 spiro atoms. The molecule has 5 heteroatoms. The third-order valence-electron chi connectivity index (χ3n) is 3.78. The maximum absolute atomic E-state index is 4.83. The molecule has 0 aromatic carbocycles. The molecule has 5 nitrogen and oxygen atoms in total. The number of amidine groups is 1. The summed E-state index contributed by atoms with van der Waals surface area (Å²) in [7, 11) is 0. The molecule has 0 fully saturated rings. The van der Waals surface area contributed by atoms with Crippen LogP contribution in [-0.4, -0.2) is 20.8 Å². The molecule has 0 saturated carbocycles. The summed E-state index contributed by atoms with van der Waals surface area (Å²) in [6.45, 7) is 0. The molecule has 3 aromatic heterocycles. The largest absolute Gasteiger partial charge is 0.358 e. The smallest absolute Gasteiger partial charge is 0.148 e. The van der Waals surface area contributed by atoms with Crippen molar-refractivity contribution in [3.8, 4) is 0 Å². The molecule has 0 radical (unpaired) electrons. The standard InChI is InChI=1S/C18H15N5/c1-4-10-19-13(7-1)16-17(14-8-2-5-11-20-14)23-18(22-16)15-9-3-6-12-21-15/h1-12,16-17H,(H,22,23)/t16-,17+. The highest BCUT2D eigenvalue weighted by Crippen LogP contribution is 2.34. The highest BCUT2D eigenvalue weighted by molar-refractivity contribution is 5.98. The molecule has 23 heavy (non-hydrogen) atoms. The molecule has 0 aliphatic carbocycles. The minimum absolute atomic E-state index is 0.0527. The van der Waals surface area contributed by atoms with Gasteiger partial charge in [-0.15, -0.1) is 0 Å². The first kappa shape index (κ1) is 13.6. The summed E-state index contributed by atoms with van der Waals surface area (Å²) in [5, 5.41) is 3.46. The lowest BCUT2D eigenvalue weighted by atomic mass is 10.0. The van der Waals surface area contributed by atoms with E-state index in [9.17, 15) is 0 Å². The molecule has 0 saturated heterocycles. The van der Waals surface area contributed by atoms with Crippen LogP contribution in [0.1, 0.15) is 29.2 Å². The second-order valence-corrected chi connectivity index (χ2v) is 5.27. The van der Waals surface area contributed by atoms with E-state index < -0.39 is 0 Å². The van der Waals surface area contributed by atoms with Gasteiger partial charge in [-0.05, 0) is 36.4 Å². The van der Waals surface area contributed by atoms with E-state index >= 15 is 0 Å². The summed E-state index contributed by atoms with van der Waals surface area (Å²) in [6, 6.07) is 17.4. The quantitative estimate of drug-likeness (QED) is 0.808. The lowest BCUT2D eigenvalue weighted by Gasteiger charge is -2.17. The van der Waals surface area contributed by atoms with Crippen molar-refractivity contribution >= 4 is 5.84 Å². The van der Waals surface area contributed by atoms with Crippen LogP contribution in [0.25, 0.3) is 0 Å². The molecular formula is C18H15N5. The van der Waals surface area contributed by atoms with Crippen LogP contribution in [0.2, 0.25) is 0 Å². The van der Waals surface area contributed by atoms with E-state index in [0.717, 1.165) is 22.9 Å². The minimum atomic E-state index is -0.122. The van der Waals surface area contributed by atoms with Gasteiger partial charge < -0.3 is 5.32 Å². The number of rotatable bonds is 3. The second kappa shape index (κ2) is 5.96. The van der Waals surface area contributed by atoms with Gasteiger partial charge >= 0.3 is 0 Å². The van der Waals surface area contributed by atoms with Gasteiger partial charge in [0.05, 0.1) is 17.4 Å². The number of aliphatic imine (C=N–C) groups is 1. The summed E-state index contributed by atoms with van der Waals surface area (Å²) < 4.78 is 0. The Morgan fingerprint density at radius 1 is 0.696 bits per heavy atom. The Hall–Kier alpha value is -3.08. The van der Waals surface area contributed by atoms with Crippen LogP contribution < -0.4 is 5.32 Å². The summed E-state index contributed by atoms with van der Waals surface area (Å²) >= 11 is 0. The van der Waals surface area contributed by atoms with E-state index in [0.29, 0.717) is 0 Å². The predicted octanol–water partition coefficient (Wildman–Crippen LogP) is 2.70. The molecule has 4 rings (SSSR count). The fraction of sp³-hybridized carbons (Fsp3) is 0.111. The third-order valence-corrected chi connectivity index (χ3v) is 3.78. The normalized spacial score (nSPS) is 19.9. The minimum Gasteiger partial charge on any atom is -0.358 e. The van der Waals surface area contributed by atoms with Gasteiger partial charge in [0.1, 0.15) is 17.6 Å². The zero-order valence-corrected chi connectivity index (χ0v) is 12.4. The predicted molar refractivity (Wildman–Crippen MR) is 87.9 cm³/mol. The Bertz CT molecular complexity index is 803. The monoisotopic (exact) mass is 301 g/mol. The second-order valence-electron chi connectivity index (χ2n) is 5.27. The highest BCUT2D eigenvalue weighted by atomic mass is 15.2. The van der Waals surface area contributed by atoms with Crippen molar-refractivity contribution in [3.05, 3.63) is 90.3 Å². The molecule has 0 unspecified atom stereocenters. The summed E-state index contributed by atoms with van der Waals surface area (Å²) in [6.07, 6.45) is 5.35. The van der Waals surface area contributed by atoms with Gasteiger partial charge in [-0.2, -0.15) is 0 Å². The van der Waals surface area contributed by atoms with Crippen molar-refractivity contribution < 1.29 is 0 Å². The molecule has 0 bridgehead atoms. The molecule has 1 N–H and O–H groups in total. The average Bonchev–Trinajstić information content (AvgIpc) is 3.09. The maximum atomic E-state index is 4.83. The van der Waals surface area contributed by atoms with Crippen molar-refractivity contribution in [3.63, 3.8) is 0 Å². The van der Waals surface area contributed by atoms with Crippen molar-refractivity contribution in [1.29, 1.82) is 0 Å². The molecule has 1 aliphatic heterocycles. The van der Waals surface area contributed by atoms with Crippen LogP contribution in [0, 0.1) is 0 Å². The molecule has 2 atom stereocenters. The zero-order valence-electron chi connectivity index (χ0n) is 12.4. The van der Waals surface area contributed by atoms with Crippen molar-refractivity contribution in [1.82, 2.24) is 20.3 Å². The van der Waals surface area contributed by atoms with Gasteiger partial charge in [0.15, 0.2) is 0 Å². The van der Waals surface area contributed by atoms with Gasteiger partial charge in [0.25, 0.3) is 0 Å². The number of nitrogens with one attached hydrogen (secondary N) is 1. The van der Waals surface area contributed by atoms with Crippen molar-refractivity contribution in [2.75, 3.05) is 0 Å². The van der Waals surface area contributed by atoms with Gasteiger partial charge in [-0.25, -0.2) is 0 Å². The van der Waals surface area contributed by atoms with Crippen LogP contribution >= 0.6 is 0 Å². The van der Waals surface area contributed by atoms with Crippen LogP contribution in [0.15, 0.2) is 78.2 Å². The first-order valence-corrected chi connectivity index (χ1v) is 7.49. The highest BCUT2D eigenvalue weighted by Gasteiger charge is 2.33. The van der Waals surface area contributed by atoms with Crippen LogP contribution in [0.3, 0.4) is 0 Å². The van der Waals surface area contributed by atoms with Crippen LogP contribution in [0.4, 0.5) is 0 Å². The number of nitrogens with zero attached hydrogens (tertiary/aromatic N) is 4. The number of pyridine rings is 3. The Morgan fingerprint density at radius 3 is 1.96 bits per heavy atom. The maximum Gasteiger partial charge on any atom is 0.148 e. The van der Waals surface area contributed by atoms with Crippen molar-refractivity contribution in [2.45, 2.75) is 12.1 Å². The number of aromatic nitrogens is 3. The fourth-order valence-corrected chi connectivity index (χ4v) is 2.70. The van der Waals surface area contributed by atoms with E-state index in [1.165, 1.54) is 0 Å². The fourth-order valence-electron chi connectivity index (χ4n) is 2.70. The van der Waals surface area contributed by atoms with Gasteiger partial charge in [-0.1, -0.05) is 18.2 Å². The molecule has 3 aromatic rings. The molecular weight excluding hydrogens is 286 g/mol. The SMILES string of the molecule is c1ccc(C2=N[C@@H](c3ccccn3)[C@@H](c3ccccn3)N2)nc1. The number of hydrogen-bond donors (Lipinski definition) is 1. The molecule has 4 heterocycles. The van der Waals surface area contributed by atoms with E-state index in [1.54, 1.807) is 18.6 Å². The van der Waals surface area contributed by atoms with Crippen LogP contribution in [-0.2, 0) is 0 Å². The topological polar surface area (TPSA) is 63.1 Å². The lowest BCUT2D eigenvalue weighted by molar-refractivity contribution is 0.546. The summed E-state index contributed by atoms with van der Waals surface area (Å²) in [4.78, 5) is 18.2. The molecule has 112 valence electrons. The molecule has 0 amide bonds. The Balaban J connectivity index is 1.75. The zero-order chi connectivity index (χ0) is 15.5. The first-order valence-electron chi connectivity index (χ1n) is 7.49. The summed E-state index contributed by atoms with van der Waals surface area (Å²) in [5.41, 5.74) is 2.69. The average molecular weight is 301 g/mol. The van der Waals surface area contributed by atoms with Crippen molar-refractivity contribution in [2.24, 2.45) is 4.99 Å². The number of hydrogen-bond acceptors (Lipinski definition) is 5. The van der Waals surface area contributed by atoms with Crippen LogP contribution in [0.5, 0.6) is 0 Å². The summed E-state index contributed by atoms with van der Waals surface area (Å²) in [5.74, 6) is 0.775. The Morgan fingerprint density at radius 2 is 1.35 bits per heavy atom. The van der Waals surface area contributed by atoms with E-state index in [4.69, 9.17) is 4.99 Å². The van der Waals surface area contributed by atoms with Gasteiger partial charge in [-0.3, -0.25) is 19.9 Å².